The molecule has 2 unspecified atom stereocenters. The summed E-state index contributed by atoms with van der Waals surface area (Å²) in [6.45, 7) is 2.17. The predicted molar refractivity (Wildman–Crippen MR) is 63.5 cm³/mol. The first-order valence-electron chi connectivity index (χ1n) is 5.60. The highest BCUT2D eigenvalue weighted by Crippen LogP contribution is 2.24. The summed E-state index contributed by atoms with van der Waals surface area (Å²) in [6, 6.07) is 5.37. The van der Waals surface area contributed by atoms with E-state index >= 15 is 0 Å². The van der Waals surface area contributed by atoms with Gasteiger partial charge in [0.25, 0.3) is 5.91 Å². The van der Waals surface area contributed by atoms with E-state index in [0.717, 1.165) is 6.42 Å². The van der Waals surface area contributed by atoms with Gasteiger partial charge in [0.1, 0.15) is 10.8 Å². The highest BCUT2D eigenvalue weighted by atomic mass is 35.5. The van der Waals surface area contributed by atoms with Crippen LogP contribution in [-0.4, -0.2) is 16.9 Å². The van der Waals surface area contributed by atoms with E-state index in [1.54, 1.807) is 18.2 Å². The summed E-state index contributed by atoms with van der Waals surface area (Å²) in [6.07, 6.45) is 3.44. The number of nitrogens with zero attached hydrogens (tertiary/aromatic N) is 1. The van der Waals surface area contributed by atoms with Gasteiger partial charge < -0.3 is 5.32 Å². The van der Waals surface area contributed by atoms with Crippen molar-refractivity contribution in [2.45, 2.75) is 32.2 Å². The molecule has 3 nitrogen and oxygen atoms in total. The number of carbonyl (C=O) groups excluding carboxylic acids is 1. The number of nitrogens with one attached hydrogen (secondary N) is 1. The van der Waals surface area contributed by atoms with Crippen molar-refractivity contribution in [3.05, 3.63) is 29.0 Å². The summed E-state index contributed by atoms with van der Waals surface area (Å²) < 4.78 is 0. The van der Waals surface area contributed by atoms with Gasteiger partial charge in [-0.25, -0.2) is 4.98 Å². The van der Waals surface area contributed by atoms with E-state index in [-0.39, 0.29) is 11.9 Å². The Bertz CT molecular complexity index is 394. The average Bonchev–Trinajstić information content (AvgIpc) is 2.64. The molecule has 1 fully saturated rings. The number of amides is 1. The SMILES string of the molecule is CC1CCCC1NC(=O)c1cccc(Cl)n1. The number of hydrogen-bond acceptors (Lipinski definition) is 2. The highest BCUT2D eigenvalue weighted by molar-refractivity contribution is 6.29. The van der Waals surface area contributed by atoms with Crippen LogP contribution in [-0.2, 0) is 0 Å². The first-order chi connectivity index (χ1) is 7.66. The lowest BCUT2D eigenvalue weighted by Crippen LogP contribution is -2.36. The zero-order chi connectivity index (χ0) is 11.5. The largest absolute Gasteiger partial charge is 0.348 e. The minimum absolute atomic E-state index is 0.124. The molecule has 86 valence electrons. The standard InChI is InChI=1S/C12H15ClN2O/c1-8-4-2-5-9(8)15-12(16)10-6-3-7-11(13)14-10/h3,6-9H,2,4-5H2,1H3,(H,15,16). The van der Waals surface area contributed by atoms with Crippen LogP contribution in [0.5, 0.6) is 0 Å². The molecule has 1 N–H and O–H groups in total. The van der Waals surface area contributed by atoms with Crippen LogP contribution in [0.3, 0.4) is 0 Å². The number of hydrogen-bond donors (Lipinski definition) is 1. The Morgan fingerprint density at radius 1 is 1.50 bits per heavy atom. The number of carbonyl (C=O) groups is 1. The smallest absolute Gasteiger partial charge is 0.270 e. The van der Waals surface area contributed by atoms with Crippen molar-refractivity contribution in [3.8, 4) is 0 Å². The van der Waals surface area contributed by atoms with E-state index in [9.17, 15) is 4.79 Å². The van der Waals surface area contributed by atoms with Gasteiger partial charge in [-0.1, -0.05) is 31.0 Å². The molecule has 16 heavy (non-hydrogen) atoms. The second kappa shape index (κ2) is 4.83. The Balaban J connectivity index is 2.03. The molecule has 0 aliphatic heterocycles. The summed E-state index contributed by atoms with van der Waals surface area (Å²) in [4.78, 5) is 15.9. The van der Waals surface area contributed by atoms with Crippen LogP contribution in [0.4, 0.5) is 0 Å². The van der Waals surface area contributed by atoms with E-state index in [1.807, 2.05) is 0 Å². The normalized spacial score (nSPS) is 24.4. The van der Waals surface area contributed by atoms with E-state index in [0.29, 0.717) is 16.8 Å². The van der Waals surface area contributed by atoms with Crippen LogP contribution in [0.25, 0.3) is 0 Å². The minimum atomic E-state index is -0.124. The van der Waals surface area contributed by atoms with Crippen LogP contribution in [0.2, 0.25) is 5.15 Å². The van der Waals surface area contributed by atoms with Crippen molar-refractivity contribution in [2.24, 2.45) is 5.92 Å². The van der Waals surface area contributed by atoms with Crippen molar-refractivity contribution in [2.75, 3.05) is 0 Å². The molecule has 0 saturated heterocycles. The number of halogens is 1. The molecular formula is C12H15ClN2O. The molecule has 1 aliphatic carbocycles. The van der Waals surface area contributed by atoms with Gasteiger partial charge in [-0.15, -0.1) is 0 Å². The maximum atomic E-state index is 11.9. The van der Waals surface area contributed by atoms with Crippen LogP contribution in [0.1, 0.15) is 36.7 Å². The summed E-state index contributed by atoms with van der Waals surface area (Å²) in [5.41, 5.74) is 0.395. The lowest BCUT2D eigenvalue weighted by atomic mass is 10.1. The molecule has 0 bridgehead atoms. The summed E-state index contributed by atoms with van der Waals surface area (Å²) in [5.74, 6) is 0.435. The molecule has 2 rings (SSSR count). The van der Waals surface area contributed by atoms with Crippen LogP contribution >= 0.6 is 11.6 Å². The number of aromatic nitrogens is 1. The van der Waals surface area contributed by atoms with Crippen molar-refractivity contribution in [1.82, 2.24) is 10.3 Å². The summed E-state index contributed by atoms with van der Waals surface area (Å²) >= 11 is 5.74. The molecule has 4 heteroatoms. The molecule has 0 spiro atoms. The Morgan fingerprint density at radius 3 is 2.94 bits per heavy atom. The Kier molecular flexibility index (Phi) is 3.44. The zero-order valence-corrected chi connectivity index (χ0v) is 10.00. The lowest BCUT2D eigenvalue weighted by Gasteiger charge is -2.16. The fraction of sp³-hybridized carbons (Fsp3) is 0.500. The van der Waals surface area contributed by atoms with Gasteiger partial charge in [0.05, 0.1) is 0 Å². The topological polar surface area (TPSA) is 42.0 Å². The molecule has 0 aromatic carbocycles. The average molecular weight is 239 g/mol. The summed E-state index contributed by atoms with van der Waals surface area (Å²) in [7, 11) is 0. The molecule has 1 amide bonds. The molecule has 1 aromatic heterocycles. The summed E-state index contributed by atoms with van der Waals surface area (Å²) in [5, 5.41) is 3.37. The van der Waals surface area contributed by atoms with E-state index in [2.05, 4.69) is 17.2 Å². The number of rotatable bonds is 2. The molecular weight excluding hydrogens is 224 g/mol. The lowest BCUT2D eigenvalue weighted by molar-refractivity contribution is 0.0924. The Hall–Kier alpha value is -1.09. The molecule has 0 radical (unpaired) electrons. The third-order valence-electron chi connectivity index (χ3n) is 3.13. The van der Waals surface area contributed by atoms with E-state index < -0.39 is 0 Å². The van der Waals surface area contributed by atoms with Crippen LogP contribution < -0.4 is 5.32 Å². The van der Waals surface area contributed by atoms with Crippen molar-refractivity contribution in [1.29, 1.82) is 0 Å². The van der Waals surface area contributed by atoms with Crippen molar-refractivity contribution in [3.63, 3.8) is 0 Å². The second-order valence-corrected chi connectivity index (χ2v) is 4.72. The van der Waals surface area contributed by atoms with Gasteiger partial charge in [-0.05, 0) is 30.9 Å². The molecule has 1 saturated carbocycles. The Morgan fingerprint density at radius 2 is 2.31 bits per heavy atom. The van der Waals surface area contributed by atoms with E-state index in [4.69, 9.17) is 11.6 Å². The number of pyridine rings is 1. The predicted octanol–water partition coefficient (Wildman–Crippen LogP) is 2.65. The first-order valence-corrected chi connectivity index (χ1v) is 5.98. The van der Waals surface area contributed by atoms with Crippen LogP contribution in [0, 0.1) is 5.92 Å². The van der Waals surface area contributed by atoms with Gasteiger partial charge in [-0.2, -0.15) is 0 Å². The van der Waals surface area contributed by atoms with Gasteiger partial charge in [0.15, 0.2) is 0 Å². The first kappa shape index (κ1) is 11.4. The third-order valence-corrected chi connectivity index (χ3v) is 3.34. The van der Waals surface area contributed by atoms with Gasteiger partial charge in [0.2, 0.25) is 0 Å². The minimum Gasteiger partial charge on any atom is -0.348 e. The van der Waals surface area contributed by atoms with Gasteiger partial charge >= 0.3 is 0 Å². The third kappa shape index (κ3) is 2.53. The maximum Gasteiger partial charge on any atom is 0.270 e. The maximum absolute atomic E-state index is 11.9. The Labute approximate surface area is 100 Å². The molecule has 1 aromatic rings. The monoisotopic (exact) mass is 238 g/mol. The molecule has 2 atom stereocenters. The fourth-order valence-electron chi connectivity index (χ4n) is 2.14. The second-order valence-electron chi connectivity index (χ2n) is 4.33. The zero-order valence-electron chi connectivity index (χ0n) is 9.24. The van der Waals surface area contributed by atoms with Crippen LogP contribution in [0.15, 0.2) is 18.2 Å². The molecule has 1 aliphatic rings. The molecule has 1 heterocycles. The van der Waals surface area contributed by atoms with Gasteiger partial charge in [-0.3, -0.25) is 4.79 Å². The highest BCUT2D eigenvalue weighted by Gasteiger charge is 2.25. The van der Waals surface area contributed by atoms with Crippen molar-refractivity contribution >= 4 is 17.5 Å². The van der Waals surface area contributed by atoms with Gasteiger partial charge in [0, 0.05) is 6.04 Å². The van der Waals surface area contributed by atoms with E-state index in [1.165, 1.54) is 12.8 Å². The van der Waals surface area contributed by atoms with Crippen molar-refractivity contribution < 1.29 is 4.79 Å². The fourth-order valence-corrected chi connectivity index (χ4v) is 2.30. The quantitative estimate of drug-likeness (QED) is 0.805.